The van der Waals surface area contributed by atoms with Gasteiger partial charge in [-0.2, -0.15) is 0 Å². The van der Waals surface area contributed by atoms with Gasteiger partial charge in [0.2, 0.25) is 5.91 Å². The smallest absolute Gasteiger partial charge is 0.225 e. The molecule has 20 heavy (non-hydrogen) atoms. The summed E-state index contributed by atoms with van der Waals surface area (Å²) in [6.07, 6.45) is 9.29. The zero-order valence-corrected chi connectivity index (χ0v) is 13.5. The fourth-order valence-corrected chi connectivity index (χ4v) is 4.20. The van der Waals surface area contributed by atoms with Gasteiger partial charge in [0.05, 0.1) is 0 Å². The number of hydrogen-bond donors (Lipinski definition) is 1. The number of fused-ring (bicyclic) bond motifs is 2. The number of amides is 1. The molecule has 0 aromatic rings. The maximum atomic E-state index is 12.9. The molecule has 0 aromatic heterocycles. The van der Waals surface area contributed by atoms with Crippen molar-refractivity contribution in [1.82, 2.24) is 10.2 Å². The van der Waals surface area contributed by atoms with Crippen LogP contribution in [0.25, 0.3) is 0 Å². The molecule has 3 nitrogen and oxygen atoms in total. The van der Waals surface area contributed by atoms with E-state index >= 15 is 0 Å². The summed E-state index contributed by atoms with van der Waals surface area (Å²) in [5.41, 5.74) is 0. The molecule has 0 radical (unpaired) electrons. The lowest BCUT2D eigenvalue weighted by atomic mass is 9.93. The Morgan fingerprint density at radius 1 is 1.10 bits per heavy atom. The van der Waals surface area contributed by atoms with Crippen molar-refractivity contribution in [3.05, 3.63) is 0 Å². The molecular formula is C17H32N2O. The molecule has 1 amide bonds. The topological polar surface area (TPSA) is 32.3 Å². The highest BCUT2D eigenvalue weighted by Crippen LogP contribution is 2.31. The highest BCUT2D eigenvalue weighted by Gasteiger charge is 2.38. The molecule has 0 saturated carbocycles. The first-order valence-corrected chi connectivity index (χ1v) is 8.76. The van der Waals surface area contributed by atoms with Gasteiger partial charge in [0, 0.05) is 30.6 Å². The fourth-order valence-electron chi connectivity index (χ4n) is 4.20. The molecular weight excluding hydrogens is 248 g/mol. The number of nitrogens with one attached hydrogen (secondary N) is 1. The van der Waals surface area contributed by atoms with Crippen LogP contribution in [0.4, 0.5) is 0 Å². The van der Waals surface area contributed by atoms with E-state index in [1.807, 2.05) is 0 Å². The monoisotopic (exact) mass is 280 g/mol. The van der Waals surface area contributed by atoms with E-state index < -0.39 is 0 Å². The molecule has 2 saturated heterocycles. The lowest BCUT2D eigenvalue weighted by Crippen LogP contribution is -2.51. The molecule has 2 fully saturated rings. The molecule has 2 aliphatic rings. The molecule has 2 rings (SSSR count). The fraction of sp³-hybridized carbons (Fsp3) is 0.941. The first-order chi connectivity index (χ1) is 9.69. The second kappa shape index (κ2) is 7.44. The van der Waals surface area contributed by atoms with Gasteiger partial charge in [0.25, 0.3) is 0 Å². The van der Waals surface area contributed by atoms with Crippen LogP contribution in [-0.2, 0) is 4.79 Å². The van der Waals surface area contributed by atoms with Crippen molar-refractivity contribution >= 4 is 5.91 Å². The standard InChI is InChI=1S/C17H32N2O/c1-4-7-13(8-5-2)17(20)19(6-3)16-11-14-9-10-15(12-16)18-14/h13-16,18H,4-12H2,1-3H3. The number of rotatable bonds is 7. The number of carbonyl (C=O) groups excluding carboxylic acids is 1. The number of hydrogen-bond acceptors (Lipinski definition) is 2. The van der Waals surface area contributed by atoms with Crippen LogP contribution >= 0.6 is 0 Å². The summed E-state index contributed by atoms with van der Waals surface area (Å²) >= 11 is 0. The van der Waals surface area contributed by atoms with E-state index in [1.54, 1.807) is 0 Å². The zero-order chi connectivity index (χ0) is 14.5. The average molecular weight is 280 g/mol. The Kier molecular flexibility index (Phi) is 5.88. The van der Waals surface area contributed by atoms with E-state index in [0.717, 1.165) is 32.2 Å². The molecule has 0 aliphatic carbocycles. The van der Waals surface area contributed by atoms with E-state index in [4.69, 9.17) is 0 Å². The van der Waals surface area contributed by atoms with Crippen molar-refractivity contribution in [1.29, 1.82) is 0 Å². The molecule has 0 aromatic carbocycles. The SMILES string of the molecule is CCCC(CCC)C(=O)N(CC)C1CC2CCC(C1)N2. The summed E-state index contributed by atoms with van der Waals surface area (Å²) < 4.78 is 0. The minimum Gasteiger partial charge on any atom is -0.340 e. The van der Waals surface area contributed by atoms with Gasteiger partial charge in [0.1, 0.15) is 0 Å². The van der Waals surface area contributed by atoms with Crippen molar-refractivity contribution in [2.24, 2.45) is 5.92 Å². The Bertz CT molecular complexity index is 300. The second-order valence-corrected chi connectivity index (χ2v) is 6.66. The lowest BCUT2D eigenvalue weighted by Gasteiger charge is -2.39. The van der Waals surface area contributed by atoms with Crippen LogP contribution in [0.3, 0.4) is 0 Å². The number of carbonyl (C=O) groups is 1. The molecule has 116 valence electrons. The van der Waals surface area contributed by atoms with Gasteiger partial charge in [-0.1, -0.05) is 26.7 Å². The van der Waals surface area contributed by atoms with Crippen LogP contribution in [0, 0.1) is 5.92 Å². The van der Waals surface area contributed by atoms with E-state index in [0.29, 0.717) is 24.0 Å². The molecule has 1 N–H and O–H groups in total. The highest BCUT2D eigenvalue weighted by atomic mass is 16.2. The van der Waals surface area contributed by atoms with Gasteiger partial charge in [0.15, 0.2) is 0 Å². The van der Waals surface area contributed by atoms with Crippen LogP contribution in [0.5, 0.6) is 0 Å². The third-order valence-electron chi connectivity index (χ3n) is 5.14. The summed E-state index contributed by atoms with van der Waals surface area (Å²) in [4.78, 5) is 15.1. The van der Waals surface area contributed by atoms with Crippen LogP contribution in [0.15, 0.2) is 0 Å². The van der Waals surface area contributed by atoms with Crippen molar-refractivity contribution in [2.75, 3.05) is 6.54 Å². The lowest BCUT2D eigenvalue weighted by molar-refractivity contribution is -0.139. The highest BCUT2D eigenvalue weighted by molar-refractivity contribution is 5.79. The molecule has 2 unspecified atom stereocenters. The van der Waals surface area contributed by atoms with Crippen molar-refractivity contribution < 1.29 is 4.79 Å². The normalized spacial score (nSPS) is 28.9. The maximum absolute atomic E-state index is 12.9. The molecule has 0 spiro atoms. The van der Waals surface area contributed by atoms with E-state index in [2.05, 4.69) is 31.0 Å². The first-order valence-electron chi connectivity index (χ1n) is 8.76. The first kappa shape index (κ1) is 15.8. The molecule has 2 atom stereocenters. The van der Waals surface area contributed by atoms with Crippen LogP contribution in [0.2, 0.25) is 0 Å². The van der Waals surface area contributed by atoms with Gasteiger partial charge in [-0.05, 0) is 45.4 Å². The van der Waals surface area contributed by atoms with Gasteiger partial charge in [-0.25, -0.2) is 0 Å². The Morgan fingerprint density at radius 3 is 2.10 bits per heavy atom. The van der Waals surface area contributed by atoms with E-state index in [-0.39, 0.29) is 5.92 Å². The summed E-state index contributed by atoms with van der Waals surface area (Å²) in [7, 11) is 0. The van der Waals surface area contributed by atoms with Gasteiger partial charge < -0.3 is 10.2 Å². The number of nitrogens with zero attached hydrogens (tertiary/aromatic N) is 1. The third-order valence-corrected chi connectivity index (χ3v) is 5.14. The van der Waals surface area contributed by atoms with E-state index in [1.165, 1.54) is 25.7 Å². The molecule has 2 aliphatic heterocycles. The summed E-state index contributed by atoms with van der Waals surface area (Å²) in [5.74, 6) is 0.694. The Balaban J connectivity index is 2.00. The predicted octanol–water partition coefficient (Wildman–Crippen LogP) is 3.33. The van der Waals surface area contributed by atoms with Crippen molar-refractivity contribution in [3.8, 4) is 0 Å². The van der Waals surface area contributed by atoms with Crippen LogP contribution in [-0.4, -0.2) is 35.5 Å². The average Bonchev–Trinajstić information content (AvgIpc) is 2.78. The second-order valence-electron chi connectivity index (χ2n) is 6.66. The Hall–Kier alpha value is -0.570. The number of piperidine rings is 1. The van der Waals surface area contributed by atoms with Gasteiger partial charge >= 0.3 is 0 Å². The van der Waals surface area contributed by atoms with Crippen LogP contribution < -0.4 is 5.32 Å². The summed E-state index contributed by atoms with van der Waals surface area (Å²) in [6.45, 7) is 7.41. The van der Waals surface area contributed by atoms with E-state index in [9.17, 15) is 4.79 Å². The third kappa shape index (κ3) is 3.55. The molecule has 2 bridgehead atoms. The quantitative estimate of drug-likeness (QED) is 0.776. The van der Waals surface area contributed by atoms with Crippen LogP contribution in [0.1, 0.15) is 72.1 Å². The summed E-state index contributed by atoms with van der Waals surface area (Å²) in [6, 6.07) is 1.82. The van der Waals surface area contributed by atoms with Crippen molar-refractivity contribution in [3.63, 3.8) is 0 Å². The molecule has 3 heteroatoms. The largest absolute Gasteiger partial charge is 0.340 e. The van der Waals surface area contributed by atoms with Gasteiger partial charge in [-0.3, -0.25) is 4.79 Å². The van der Waals surface area contributed by atoms with Gasteiger partial charge in [-0.15, -0.1) is 0 Å². The van der Waals surface area contributed by atoms with Crippen molar-refractivity contribution in [2.45, 2.75) is 90.3 Å². The Morgan fingerprint density at radius 2 is 1.65 bits per heavy atom. The summed E-state index contributed by atoms with van der Waals surface area (Å²) in [5, 5.41) is 3.68. The minimum absolute atomic E-state index is 0.262. The maximum Gasteiger partial charge on any atom is 0.225 e. The molecule has 2 heterocycles. The Labute approximate surface area is 124 Å². The minimum atomic E-state index is 0.262. The predicted molar refractivity (Wildman–Crippen MR) is 83.7 cm³/mol. The zero-order valence-electron chi connectivity index (χ0n) is 13.5.